The number of aryl methyl sites for hydroxylation is 1. The number of amides is 1. The molecule has 0 fully saturated rings. The first kappa shape index (κ1) is 12.9. The SMILES string of the molecule is C=CCC(NC(=O)c1ncccc1C)C(=O)O. The molecule has 5 nitrogen and oxygen atoms in total. The van der Waals surface area contributed by atoms with Crippen molar-refractivity contribution >= 4 is 11.9 Å². The summed E-state index contributed by atoms with van der Waals surface area (Å²) in [7, 11) is 0. The van der Waals surface area contributed by atoms with E-state index in [1.165, 1.54) is 12.3 Å². The van der Waals surface area contributed by atoms with E-state index in [2.05, 4.69) is 16.9 Å². The zero-order valence-corrected chi connectivity index (χ0v) is 9.51. The Bertz CT molecular complexity index is 443. The van der Waals surface area contributed by atoms with Crippen LogP contribution in [-0.4, -0.2) is 28.0 Å². The third-order valence-electron chi connectivity index (χ3n) is 2.23. The highest BCUT2D eigenvalue weighted by Crippen LogP contribution is 2.04. The first-order valence-corrected chi connectivity index (χ1v) is 5.12. The van der Waals surface area contributed by atoms with Gasteiger partial charge in [0.1, 0.15) is 11.7 Å². The van der Waals surface area contributed by atoms with Gasteiger partial charge in [0.15, 0.2) is 0 Å². The lowest BCUT2D eigenvalue weighted by Gasteiger charge is -2.12. The molecule has 0 saturated heterocycles. The maximum atomic E-state index is 11.8. The van der Waals surface area contributed by atoms with E-state index in [0.29, 0.717) is 5.56 Å². The molecule has 1 amide bonds. The summed E-state index contributed by atoms with van der Waals surface area (Å²) in [5, 5.41) is 11.3. The molecule has 1 aromatic rings. The first-order valence-electron chi connectivity index (χ1n) is 5.12. The summed E-state index contributed by atoms with van der Waals surface area (Å²) in [5.74, 6) is -1.58. The van der Waals surface area contributed by atoms with Crippen LogP contribution in [-0.2, 0) is 4.79 Å². The Morgan fingerprint density at radius 3 is 2.88 bits per heavy atom. The topological polar surface area (TPSA) is 79.3 Å². The lowest BCUT2D eigenvalue weighted by Crippen LogP contribution is -2.40. The van der Waals surface area contributed by atoms with E-state index in [4.69, 9.17) is 5.11 Å². The molecule has 0 aliphatic heterocycles. The van der Waals surface area contributed by atoms with Crippen LogP contribution >= 0.6 is 0 Å². The molecule has 0 aliphatic rings. The van der Waals surface area contributed by atoms with Gasteiger partial charge in [-0.25, -0.2) is 4.79 Å². The molecule has 1 aromatic heterocycles. The summed E-state index contributed by atoms with van der Waals surface area (Å²) in [4.78, 5) is 26.6. The number of carboxylic acid groups (broad SMARTS) is 1. The Labute approximate surface area is 99.2 Å². The van der Waals surface area contributed by atoms with Gasteiger partial charge in [0.05, 0.1) is 0 Å². The highest BCUT2D eigenvalue weighted by atomic mass is 16.4. The summed E-state index contributed by atoms with van der Waals surface area (Å²) in [6.45, 7) is 5.19. The molecule has 0 aromatic carbocycles. The van der Waals surface area contributed by atoms with Gasteiger partial charge in [-0.05, 0) is 25.0 Å². The smallest absolute Gasteiger partial charge is 0.326 e. The number of rotatable bonds is 5. The minimum absolute atomic E-state index is 0.174. The van der Waals surface area contributed by atoms with Gasteiger partial charge in [-0.2, -0.15) is 0 Å². The normalized spacial score (nSPS) is 11.6. The average Bonchev–Trinajstić information content (AvgIpc) is 2.28. The molecule has 1 unspecified atom stereocenters. The van der Waals surface area contributed by atoms with Crippen LogP contribution in [0.25, 0.3) is 0 Å². The molecule has 0 spiro atoms. The van der Waals surface area contributed by atoms with Crippen molar-refractivity contribution in [3.8, 4) is 0 Å². The van der Waals surface area contributed by atoms with E-state index < -0.39 is 17.9 Å². The molecule has 5 heteroatoms. The highest BCUT2D eigenvalue weighted by Gasteiger charge is 2.20. The summed E-state index contributed by atoms with van der Waals surface area (Å²) < 4.78 is 0. The van der Waals surface area contributed by atoms with Crippen molar-refractivity contribution in [2.75, 3.05) is 0 Å². The summed E-state index contributed by atoms with van der Waals surface area (Å²) in [6.07, 6.45) is 3.11. The predicted octanol–water partition coefficient (Wildman–Crippen LogP) is 1.15. The molecular weight excluding hydrogens is 220 g/mol. The molecular formula is C12H14N2O3. The third-order valence-corrected chi connectivity index (χ3v) is 2.23. The Kier molecular flexibility index (Phi) is 4.39. The minimum atomic E-state index is -1.09. The number of carboxylic acids is 1. The predicted molar refractivity (Wildman–Crippen MR) is 62.7 cm³/mol. The molecule has 2 N–H and O–H groups in total. The zero-order valence-electron chi connectivity index (χ0n) is 9.51. The molecule has 0 bridgehead atoms. The van der Waals surface area contributed by atoms with Crippen molar-refractivity contribution in [2.45, 2.75) is 19.4 Å². The van der Waals surface area contributed by atoms with Crippen molar-refractivity contribution in [2.24, 2.45) is 0 Å². The van der Waals surface area contributed by atoms with E-state index in [0.717, 1.165) is 0 Å². The summed E-state index contributed by atoms with van der Waals surface area (Å²) >= 11 is 0. The van der Waals surface area contributed by atoms with E-state index in [1.807, 2.05) is 0 Å². The second kappa shape index (κ2) is 5.79. The second-order valence-electron chi connectivity index (χ2n) is 3.56. The fourth-order valence-electron chi connectivity index (χ4n) is 1.34. The lowest BCUT2D eigenvalue weighted by atomic mass is 10.1. The van der Waals surface area contributed by atoms with E-state index in [1.54, 1.807) is 19.1 Å². The Morgan fingerprint density at radius 1 is 1.65 bits per heavy atom. The second-order valence-corrected chi connectivity index (χ2v) is 3.56. The number of carbonyl (C=O) groups excluding carboxylic acids is 1. The van der Waals surface area contributed by atoms with Gasteiger partial charge in [-0.1, -0.05) is 12.1 Å². The molecule has 1 rings (SSSR count). The number of nitrogens with zero attached hydrogens (tertiary/aromatic N) is 1. The number of hydrogen-bond acceptors (Lipinski definition) is 3. The van der Waals surface area contributed by atoms with Crippen LogP contribution in [0.5, 0.6) is 0 Å². The summed E-state index contributed by atoms with van der Waals surface area (Å²) in [6, 6.07) is 2.48. The molecule has 0 aliphatic carbocycles. The van der Waals surface area contributed by atoms with Crippen LogP contribution < -0.4 is 5.32 Å². The standard InChI is InChI=1S/C12H14N2O3/c1-3-5-9(12(16)17)14-11(15)10-8(2)6-4-7-13-10/h3-4,6-7,9H,1,5H2,2H3,(H,14,15)(H,16,17). The average molecular weight is 234 g/mol. The van der Waals surface area contributed by atoms with Crippen LogP contribution in [0, 0.1) is 6.92 Å². The van der Waals surface area contributed by atoms with E-state index in [-0.39, 0.29) is 12.1 Å². The summed E-state index contributed by atoms with van der Waals surface area (Å²) in [5.41, 5.74) is 0.940. The molecule has 17 heavy (non-hydrogen) atoms. The van der Waals surface area contributed by atoms with Gasteiger partial charge in [0, 0.05) is 6.20 Å². The van der Waals surface area contributed by atoms with Crippen molar-refractivity contribution in [1.82, 2.24) is 10.3 Å². The quantitative estimate of drug-likeness (QED) is 0.749. The van der Waals surface area contributed by atoms with Gasteiger partial charge in [-0.15, -0.1) is 6.58 Å². The number of hydrogen-bond donors (Lipinski definition) is 2. The van der Waals surface area contributed by atoms with Crippen LogP contribution in [0.2, 0.25) is 0 Å². The molecule has 90 valence electrons. The van der Waals surface area contributed by atoms with Gasteiger partial charge >= 0.3 is 5.97 Å². The van der Waals surface area contributed by atoms with Gasteiger partial charge < -0.3 is 10.4 Å². The fourth-order valence-corrected chi connectivity index (χ4v) is 1.34. The number of carbonyl (C=O) groups is 2. The van der Waals surface area contributed by atoms with Gasteiger partial charge in [-0.3, -0.25) is 9.78 Å². The molecule has 1 heterocycles. The molecule has 0 radical (unpaired) electrons. The van der Waals surface area contributed by atoms with Gasteiger partial charge in [0.2, 0.25) is 0 Å². The Morgan fingerprint density at radius 2 is 2.35 bits per heavy atom. The van der Waals surface area contributed by atoms with Crippen molar-refractivity contribution in [1.29, 1.82) is 0 Å². The Balaban J connectivity index is 2.81. The first-order chi connectivity index (χ1) is 8.06. The number of nitrogens with one attached hydrogen (secondary N) is 1. The Hall–Kier alpha value is -2.17. The zero-order chi connectivity index (χ0) is 12.8. The van der Waals surface area contributed by atoms with Crippen LogP contribution in [0.4, 0.5) is 0 Å². The molecule has 0 saturated carbocycles. The number of pyridine rings is 1. The van der Waals surface area contributed by atoms with Crippen molar-refractivity contribution < 1.29 is 14.7 Å². The van der Waals surface area contributed by atoms with Gasteiger partial charge in [0.25, 0.3) is 5.91 Å². The monoisotopic (exact) mass is 234 g/mol. The van der Waals surface area contributed by atoms with Crippen molar-refractivity contribution in [3.63, 3.8) is 0 Å². The highest BCUT2D eigenvalue weighted by molar-refractivity contribution is 5.96. The van der Waals surface area contributed by atoms with E-state index in [9.17, 15) is 9.59 Å². The van der Waals surface area contributed by atoms with E-state index >= 15 is 0 Å². The number of aromatic nitrogens is 1. The maximum Gasteiger partial charge on any atom is 0.326 e. The lowest BCUT2D eigenvalue weighted by molar-refractivity contribution is -0.139. The van der Waals surface area contributed by atoms with Crippen LogP contribution in [0.3, 0.4) is 0 Å². The fraction of sp³-hybridized carbons (Fsp3) is 0.250. The molecule has 1 atom stereocenters. The van der Waals surface area contributed by atoms with Crippen LogP contribution in [0.15, 0.2) is 31.0 Å². The van der Waals surface area contributed by atoms with Crippen LogP contribution in [0.1, 0.15) is 22.5 Å². The van der Waals surface area contributed by atoms with Crippen molar-refractivity contribution in [3.05, 3.63) is 42.2 Å². The minimum Gasteiger partial charge on any atom is -0.480 e. The maximum absolute atomic E-state index is 11.8. The third kappa shape index (κ3) is 3.41. The number of aliphatic carboxylic acids is 1. The largest absolute Gasteiger partial charge is 0.480 e.